The van der Waals surface area contributed by atoms with E-state index in [9.17, 15) is 12.6 Å². The first-order valence-electron chi connectivity index (χ1n) is 6.22. The molecule has 2 rings (SSSR count). The van der Waals surface area contributed by atoms with Gasteiger partial charge in [-0.3, -0.25) is 4.21 Å². The minimum Gasteiger partial charge on any atom is -0.397 e. The van der Waals surface area contributed by atoms with Crippen molar-refractivity contribution in [3.8, 4) is 0 Å². The molecule has 1 aromatic carbocycles. The van der Waals surface area contributed by atoms with E-state index in [0.29, 0.717) is 34.9 Å². The molecule has 8 heteroatoms. The molecule has 1 saturated heterocycles. The second-order valence-corrected chi connectivity index (χ2v) is 8.67. The van der Waals surface area contributed by atoms with Crippen LogP contribution in [0, 0.1) is 6.92 Å². The number of hydrogen-bond acceptors (Lipinski definition) is 4. The number of sulfonamides is 1. The van der Waals surface area contributed by atoms with Gasteiger partial charge in [0.15, 0.2) is 0 Å². The van der Waals surface area contributed by atoms with Crippen LogP contribution in [-0.4, -0.2) is 30.2 Å². The monoisotopic (exact) mass is 336 g/mol. The summed E-state index contributed by atoms with van der Waals surface area (Å²) >= 11 is 5.87. The lowest BCUT2D eigenvalue weighted by molar-refractivity contribution is 0.521. The summed E-state index contributed by atoms with van der Waals surface area (Å²) in [5, 5.41) is 0.342. The second kappa shape index (κ2) is 6.01. The third-order valence-corrected chi connectivity index (χ3v) is 6.67. The summed E-state index contributed by atoms with van der Waals surface area (Å²) in [6.45, 7) is 1.68. The maximum absolute atomic E-state index is 12.4. The van der Waals surface area contributed by atoms with Crippen LogP contribution in [0.2, 0.25) is 5.02 Å². The molecule has 0 unspecified atom stereocenters. The first-order chi connectivity index (χ1) is 9.29. The zero-order valence-corrected chi connectivity index (χ0v) is 13.4. The van der Waals surface area contributed by atoms with Crippen LogP contribution >= 0.6 is 11.6 Å². The fraction of sp³-hybridized carbons (Fsp3) is 0.500. The molecule has 0 atom stereocenters. The summed E-state index contributed by atoms with van der Waals surface area (Å²) in [4.78, 5) is 0.145. The van der Waals surface area contributed by atoms with E-state index < -0.39 is 20.8 Å². The highest BCUT2D eigenvalue weighted by atomic mass is 35.5. The van der Waals surface area contributed by atoms with Crippen molar-refractivity contribution in [3.63, 3.8) is 0 Å². The molecule has 1 fully saturated rings. The van der Waals surface area contributed by atoms with Gasteiger partial charge < -0.3 is 5.73 Å². The summed E-state index contributed by atoms with van der Waals surface area (Å²) in [6, 6.07) is 2.75. The predicted molar refractivity (Wildman–Crippen MR) is 81.8 cm³/mol. The number of nitrogen functional groups attached to an aromatic ring is 1. The minimum atomic E-state index is -3.63. The molecule has 0 saturated carbocycles. The molecule has 3 N–H and O–H groups in total. The molecule has 1 heterocycles. The van der Waals surface area contributed by atoms with Crippen molar-refractivity contribution in [1.29, 1.82) is 0 Å². The van der Waals surface area contributed by atoms with Gasteiger partial charge in [0.2, 0.25) is 10.0 Å². The SMILES string of the molecule is Cc1cc(Cl)c(N)cc1S(=O)(=O)NC1CCS(=O)CC1. The van der Waals surface area contributed by atoms with Gasteiger partial charge in [-0.1, -0.05) is 11.6 Å². The zero-order chi connectivity index (χ0) is 14.9. The molecular formula is C12H17ClN2O3S2. The lowest BCUT2D eigenvalue weighted by Gasteiger charge is -2.23. The van der Waals surface area contributed by atoms with Gasteiger partial charge in [-0.2, -0.15) is 0 Å². The van der Waals surface area contributed by atoms with E-state index in [0.717, 1.165) is 0 Å². The third kappa shape index (κ3) is 3.52. The van der Waals surface area contributed by atoms with Crippen molar-refractivity contribution >= 4 is 38.1 Å². The molecule has 5 nitrogen and oxygen atoms in total. The van der Waals surface area contributed by atoms with Crippen LogP contribution in [0.25, 0.3) is 0 Å². The average molecular weight is 337 g/mol. The van der Waals surface area contributed by atoms with E-state index in [1.54, 1.807) is 13.0 Å². The van der Waals surface area contributed by atoms with E-state index in [2.05, 4.69) is 4.72 Å². The Balaban J connectivity index is 2.22. The maximum atomic E-state index is 12.4. The Hall–Kier alpha value is -0.630. The lowest BCUT2D eigenvalue weighted by atomic mass is 10.2. The highest BCUT2D eigenvalue weighted by Gasteiger charge is 2.25. The van der Waals surface area contributed by atoms with Crippen LogP contribution in [0.5, 0.6) is 0 Å². The second-order valence-electron chi connectivity index (χ2n) is 4.88. The third-order valence-electron chi connectivity index (χ3n) is 3.29. The molecule has 112 valence electrons. The van der Waals surface area contributed by atoms with Crippen molar-refractivity contribution in [2.24, 2.45) is 0 Å². The average Bonchev–Trinajstić information content (AvgIpc) is 2.36. The van der Waals surface area contributed by atoms with Crippen LogP contribution in [0.3, 0.4) is 0 Å². The van der Waals surface area contributed by atoms with Gasteiger partial charge in [0, 0.05) is 28.3 Å². The van der Waals surface area contributed by atoms with E-state index >= 15 is 0 Å². The molecule has 0 aromatic heterocycles. The molecule has 0 aliphatic carbocycles. The quantitative estimate of drug-likeness (QED) is 0.817. The first-order valence-corrected chi connectivity index (χ1v) is 9.57. The van der Waals surface area contributed by atoms with Crippen LogP contribution in [0.1, 0.15) is 18.4 Å². The standard InChI is InChI=1S/C12H17ClN2O3S2/c1-8-6-10(13)11(14)7-12(8)20(17,18)15-9-2-4-19(16)5-3-9/h6-7,9,15H,2-5,14H2,1H3. The summed E-state index contributed by atoms with van der Waals surface area (Å²) in [5.74, 6) is 1.07. The van der Waals surface area contributed by atoms with Gasteiger partial charge in [0.25, 0.3) is 0 Å². The van der Waals surface area contributed by atoms with Crippen LogP contribution < -0.4 is 10.5 Å². The smallest absolute Gasteiger partial charge is 0.241 e. The Morgan fingerprint density at radius 3 is 2.55 bits per heavy atom. The van der Waals surface area contributed by atoms with Crippen molar-refractivity contribution in [2.75, 3.05) is 17.2 Å². The van der Waals surface area contributed by atoms with Crippen LogP contribution in [0.15, 0.2) is 17.0 Å². The van der Waals surface area contributed by atoms with Crippen molar-refractivity contribution in [3.05, 3.63) is 22.7 Å². The van der Waals surface area contributed by atoms with Gasteiger partial charge in [-0.05, 0) is 37.5 Å². The van der Waals surface area contributed by atoms with Crippen LogP contribution in [0.4, 0.5) is 5.69 Å². The molecular weight excluding hydrogens is 320 g/mol. The van der Waals surface area contributed by atoms with Gasteiger partial charge in [-0.25, -0.2) is 13.1 Å². The molecule has 0 bridgehead atoms. The first kappa shape index (κ1) is 15.8. The van der Waals surface area contributed by atoms with Gasteiger partial charge >= 0.3 is 0 Å². The zero-order valence-electron chi connectivity index (χ0n) is 11.1. The van der Waals surface area contributed by atoms with Gasteiger partial charge in [0.05, 0.1) is 15.6 Å². The lowest BCUT2D eigenvalue weighted by Crippen LogP contribution is -2.39. The molecule has 20 heavy (non-hydrogen) atoms. The van der Waals surface area contributed by atoms with Crippen LogP contribution in [-0.2, 0) is 20.8 Å². The Morgan fingerprint density at radius 1 is 1.35 bits per heavy atom. The van der Waals surface area contributed by atoms with Crippen molar-refractivity contribution < 1.29 is 12.6 Å². The van der Waals surface area contributed by atoms with E-state index in [4.69, 9.17) is 17.3 Å². The predicted octanol–water partition coefficient (Wildman–Crippen LogP) is 1.42. The summed E-state index contributed by atoms with van der Waals surface area (Å²) in [6.07, 6.45) is 1.18. The number of nitrogens with two attached hydrogens (primary N) is 1. The topological polar surface area (TPSA) is 89.3 Å². The number of hydrogen-bond donors (Lipinski definition) is 2. The number of rotatable bonds is 3. The number of nitrogens with one attached hydrogen (secondary N) is 1. The van der Waals surface area contributed by atoms with Crippen molar-refractivity contribution in [1.82, 2.24) is 4.72 Å². The Labute approximate surface area is 126 Å². The number of anilines is 1. The molecule has 0 radical (unpaired) electrons. The van der Waals surface area contributed by atoms with E-state index in [-0.39, 0.29) is 16.6 Å². The Kier molecular flexibility index (Phi) is 4.73. The molecule has 1 aliphatic rings. The fourth-order valence-corrected chi connectivity index (χ4v) is 5.24. The van der Waals surface area contributed by atoms with E-state index in [1.807, 2.05) is 0 Å². The molecule has 0 spiro atoms. The highest BCUT2D eigenvalue weighted by Crippen LogP contribution is 2.26. The summed E-state index contributed by atoms with van der Waals surface area (Å²) in [5.41, 5.74) is 6.46. The number of halogens is 1. The molecule has 1 aromatic rings. The number of benzene rings is 1. The maximum Gasteiger partial charge on any atom is 0.241 e. The largest absolute Gasteiger partial charge is 0.397 e. The minimum absolute atomic E-state index is 0.145. The number of aryl methyl sites for hydroxylation is 1. The molecule has 1 aliphatic heterocycles. The highest BCUT2D eigenvalue weighted by molar-refractivity contribution is 7.89. The summed E-state index contributed by atoms with van der Waals surface area (Å²) < 4.78 is 38.7. The Bertz CT molecular complexity index is 636. The van der Waals surface area contributed by atoms with Crippen molar-refractivity contribution in [2.45, 2.75) is 30.7 Å². The summed E-state index contributed by atoms with van der Waals surface area (Å²) in [7, 11) is -4.45. The normalized spacial score (nSPS) is 23.7. The van der Waals surface area contributed by atoms with Gasteiger partial charge in [0.1, 0.15) is 0 Å². The molecule has 0 amide bonds. The van der Waals surface area contributed by atoms with E-state index in [1.165, 1.54) is 6.07 Å². The van der Waals surface area contributed by atoms with Gasteiger partial charge in [-0.15, -0.1) is 0 Å². The Morgan fingerprint density at radius 2 is 1.95 bits per heavy atom. The fourth-order valence-electron chi connectivity index (χ4n) is 2.15.